The summed E-state index contributed by atoms with van der Waals surface area (Å²) >= 11 is 1.68. The quantitative estimate of drug-likeness (QED) is 0.705. The summed E-state index contributed by atoms with van der Waals surface area (Å²) in [6.45, 7) is 0.658. The Bertz CT molecular complexity index is 892. The predicted octanol–water partition coefficient (Wildman–Crippen LogP) is 3.97. The van der Waals surface area contributed by atoms with Crippen molar-refractivity contribution in [2.24, 2.45) is 5.92 Å². The first-order valence-corrected chi connectivity index (χ1v) is 9.71. The highest BCUT2D eigenvalue weighted by molar-refractivity contribution is 7.15. The molecule has 1 atom stereocenters. The van der Waals surface area contributed by atoms with Gasteiger partial charge in [-0.25, -0.2) is 4.98 Å². The highest BCUT2D eigenvalue weighted by Crippen LogP contribution is 2.34. The molecular weight excluding hydrogens is 342 g/mol. The third kappa shape index (κ3) is 3.53. The third-order valence-corrected chi connectivity index (χ3v) is 5.95. The number of rotatable bonds is 4. The van der Waals surface area contributed by atoms with Crippen LogP contribution < -0.4 is 0 Å². The van der Waals surface area contributed by atoms with E-state index < -0.39 is 0 Å². The van der Waals surface area contributed by atoms with Crippen molar-refractivity contribution in [3.05, 3.63) is 70.9 Å². The molecule has 1 amide bonds. The van der Waals surface area contributed by atoms with Gasteiger partial charge >= 0.3 is 0 Å². The van der Waals surface area contributed by atoms with E-state index in [1.165, 1.54) is 4.88 Å². The highest BCUT2D eigenvalue weighted by atomic mass is 32.1. The van der Waals surface area contributed by atoms with E-state index in [9.17, 15) is 4.79 Å². The zero-order valence-electron chi connectivity index (χ0n) is 14.8. The predicted molar refractivity (Wildman–Crippen MR) is 104 cm³/mol. The van der Waals surface area contributed by atoms with Crippen molar-refractivity contribution in [1.29, 1.82) is 0 Å². The molecule has 1 unspecified atom stereocenters. The Labute approximate surface area is 157 Å². The van der Waals surface area contributed by atoms with Gasteiger partial charge < -0.3 is 4.90 Å². The van der Waals surface area contributed by atoms with Gasteiger partial charge in [0, 0.05) is 30.6 Å². The van der Waals surface area contributed by atoms with Crippen LogP contribution in [0.2, 0.25) is 0 Å². The fraction of sp³-hybridized carbons (Fsp3) is 0.286. The van der Waals surface area contributed by atoms with Crippen molar-refractivity contribution >= 4 is 17.2 Å². The molecule has 1 aliphatic carbocycles. The van der Waals surface area contributed by atoms with E-state index in [2.05, 4.69) is 17.1 Å². The fourth-order valence-corrected chi connectivity index (χ4v) is 4.60. The molecule has 0 radical (unpaired) electrons. The molecule has 0 saturated heterocycles. The van der Waals surface area contributed by atoms with Crippen molar-refractivity contribution in [1.82, 2.24) is 14.9 Å². The molecule has 0 fully saturated rings. The molecule has 3 aromatic rings. The Hall–Kier alpha value is -2.53. The summed E-state index contributed by atoms with van der Waals surface area (Å²) in [5.74, 6) is 0.278. The van der Waals surface area contributed by atoms with Gasteiger partial charge in [-0.2, -0.15) is 0 Å². The van der Waals surface area contributed by atoms with Crippen molar-refractivity contribution < 1.29 is 4.79 Å². The zero-order valence-corrected chi connectivity index (χ0v) is 15.6. The van der Waals surface area contributed by atoms with Gasteiger partial charge in [0.15, 0.2) is 0 Å². The monoisotopic (exact) mass is 363 g/mol. The summed E-state index contributed by atoms with van der Waals surface area (Å²) in [6.07, 6.45) is 4.32. The molecule has 5 heteroatoms. The summed E-state index contributed by atoms with van der Waals surface area (Å²) in [5.41, 5.74) is 3.22. The molecule has 0 bridgehead atoms. The highest BCUT2D eigenvalue weighted by Gasteiger charge is 2.29. The Balaban J connectivity index is 1.46. The Kier molecular flexibility index (Phi) is 4.80. The summed E-state index contributed by atoms with van der Waals surface area (Å²) in [5, 5.41) is 0.960. The van der Waals surface area contributed by atoms with Crippen LogP contribution in [0, 0.1) is 5.92 Å². The van der Waals surface area contributed by atoms with Gasteiger partial charge in [-0.1, -0.05) is 36.4 Å². The third-order valence-electron chi connectivity index (χ3n) is 4.81. The molecule has 132 valence electrons. The number of nitrogens with zero attached hydrogens (tertiary/aromatic N) is 3. The van der Waals surface area contributed by atoms with Crippen molar-refractivity contribution in [3.63, 3.8) is 0 Å². The second-order valence-corrected chi connectivity index (χ2v) is 7.81. The Morgan fingerprint density at radius 3 is 2.77 bits per heavy atom. The lowest BCUT2D eigenvalue weighted by Gasteiger charge is -2.26. The summed E-state index contributed by atoms with van der Waals surface area (Å²) < 4.78 is 0. The van der Waals surface area contributed by atoms with E-state index in [-0.39, 0.29) is 11.8 Å². The van der Waals surface area contributed by atoms with Gasteiger partial charge in [0.05, 0.1) is 11.4 Å². The molecule has 0 N–H and O–H groups in total. The fourth-order valence-electron chi connectivity index (χ4n) is 3.43. The van der Waals surface area contributed by atoms with Crippen LogP contribution >= 0.6 is 11.3 Å². The van der Waals surface area contributed by atoms with Gasteiger partial charge in [-0.05, 0) is 37.0 Å². The molecular formula is C21H21N3OS. The number of carbonyl (C=O) groups excluding carboxylic acids is 1. The number of benzene rings is 1. The standard InChI is InChI=1S/C21H21N3OS/c1-24(14-15-7-3-2-4-8-15)21(25)16-10-11-17-19(13-16)26-20(23-17)18-9-5-6-12-22-18/h2-9,12,16H,10-11,13-14H2,1H3. The maximum atomic E-state index is 12.9. The molecule has 4 rings (SSSR count). The van der Waals surface area contributed by atoms with Crippen molar-refractivity contribution in [2.75, 3.05) is 7.05 Å². The number of aryl methyl sites for hydroxylation is 1. The molecule has 1 aromatic carbocycles. The Morgan fingerprint density at radius 1 is 1.19 bits per heavy atom. The number of thiazole rings is 1. The molecule has 1 aliphatic rings. The number of amides is 1. The Morgan fingerprint density at radius 2 is 2.00 bits per heavy atom. The number of pyridine rings is 1. The van der Waals surface area contributed by atoms with Gasteiger partial charge in [0.2, 0.25) is 5.91 Å². The van der Waals surface area contributed by atoms with Crippen LogP contribution in [0.25, 0.3) is 10.7 Å². The molecule has 2 heterocycles. The minimum atomic E-state index is 0.0493. The SMILES string of the molecule is CN(Cc1ccccc1)C(=O)C1CCc2nc(-c3ccccn3)sc2C1. The second-order valence-electron chi connectivity index (χ2n) is 6.72. The van der Waals surface area contributed by atoms with E-state index in [0.29, 0.717) is 6.54 Å². The lowest BCUT2D eigenvalue weighted by Crippen LogP contribution is -2.35. The summed E-state index contributed by atoms with van der Waals surface area (Å²) in [7, 11) is 1.90. The molecule has 0 spiro atoms. The van der Waals surface area contributed by atoms with Crippen LogP contribution in [-0.4, -0.2) is 27.8 Å². The maximum Gasteiger partial charge on any atom is 0.226 e. The van der Waals surface area contributed by atoms with E-state index in [4.69, 9.17) is 4.98 Å². The number of carbonyl (C=O) groups is 1. The lowest BCUT2D eigenvalue weighted by molar-refractivity contribution is -0.135. The molecule has 2 aromatic heterocycles. The van der Waals surface area contributed by atoms with E-state index >= 15 is 0 Å². The van der Waals surface area contributed by atoms with Gasteiger partial charge in [-0.15, -0.1) is 11.3 Å². The first kappa shape index (κ1) is 16.9. The minimum absolute atomic E-state index is 0.0493. The summed E-state index contributed by atoms with van der Waals surface area (Å²) in [4.78, 5) is 25.1. The van der Waals surface area contributed by atoms with Crippen LogP contribution in [-0.2, 0) is 24.2 Å². The zero-order chi connectivity index (χ0) is 17.9. The normalized spacial score (nSPS) is 16.1. The lowest BCUT2D eigenvalue weighted by atomic mass is 9.90. The van der Waals surface area contributed by atoms with Crippen LogP contribution in [0.5, 0.6) is 0 Å². The van der Waals surface area contributed by atoms with Gasteiger partial charge in [-0.3, -0.25) is 9.78 Å². The van der Waals surface area contributed by atoms with E-state index in [1.807, 2.05) is 48.3 Å². The number of aromatic nitrogens is 2. The number of hydrogen-bond acceptors (Lipinski definition) is 4. The second kappa shape index (κ2) is 7.38. The van der Waals surface area contributed by atoms with Crippen LogP contribution in [0.15, 0.2) is 54.7 Å². The van der Waals surface area contributed by atoms with Crippen LogP contribution in [0.4, 0.5) is 0 Å². The molecule has 0 aliphatic heterocycles. The molecule has 26 heavy (non-hydrogen) atoms. The van der Waals surface area contributed by atoms with Gasteiger partial charge in [0.25, 0.3) is 0 Å². The average molecular weight is 363 g/mol. The number of fused-ring (bicyclic) bond motifs is 1. The average Bonchev–Trinajstić information content (AvgIpc) is 3.12. The van der Waals surface area contributed by atoms with Crippen LogP contribution in [0.3, 0.4) is 0 Å². The first-order chi connectivity index (χ1) is 12.7. The van der Waals surface area contributed by atoms with Crippen molar-refractivity contribution in [2.45, 2.75) is 25.8 Å². The van der Waals surface area contributed by atoms with Crippen LogP contribution in [0.1, 0.15) is 22.6 Å². The van der Waals surface area contributed by atoms with E-state index in [1.54, 1.807) is 17.5 Å². The van der Waals surface area contributed by atoms with Gasteiger partial charge in [0.1, 0.15) is 5.01 Å². The van der Waals surface area contributed by atoms with Crippen molar-refractivity contribution in [3.8, 4) is 10.7 Å². The first-order valence-electron chi connectivity index (χ1n) is 8.89. The molecule has 4 nitrogen and oxygen atoms in total. The minimum Gasteiger partial charge on any atom is -0.341 e. The maximum absolute atomic E-state index is 12.9. The molecule has 0 saturated carbocycles. The smallest absolute Gasteiger partial charge is 0.226 e. The largest absolute Gasteiger partial charge is 0.341 e. The van der Waals surface area contributed by atoms with E-state index in [0.717, 1.165) is 41.2 Å². The number of hydrogen-bond donors (Lipinski definition) is 0. The topological polar surface area (TPSA) is 46.1 Å². The summed E-state index contributed by atoms with van der Waals surface area (Å²) in [6, 6.07) is 16.0.